The Bertz CT molecular complexity index is 709. The number of pyridine rings is 1. The van der Waals surface area contributed by atoms with Crippen LogP contribution in [0.25, 0.3) is 0 Å². The summed E-state index contributed by atoms with van der Waals surface area (Å²) in [5.41, 5.74) is 0.559. The van der Waals surface area contributed by atoms with Gasteiger partial charge in [-0.15, -0.1) is 0 Å². The van der Waals surface area contributed by atoms with Crippen molar-refractivity contribution in [1.82, 2.24) is 10.3 Å². The lowest BCUT2D eigenvalue weighted by atomic mass is 10.2. The second kappa shape index (κ2) is 6.64. The molecule has 0 saturated heterocycles. The second-order valence-electron chi connectivity index (χ2n) is 4.06. The van der Waals surface area contributed by atoms with Crippen molar-refractivity contribution in [2.24, 2.45) is 0 Å². The zero-order chi connectivity index (χ0) is 15.4. The lowest BCUT2D eigenvalue weighted by Gasteiger charge is -2.07. The quantitative estimate of drug-likeness (QED) is 0.508. The van der Waals surface area contributed by atoms with Crippen LogP contribution in [-0.2, 0) is 6.54 Å². The number of hydrogen-bond donors (Lipinski definition) is 1. The standard InChI is InChI=1S/C13H9BrClN3O3/c14-11-4-2-1-3-8(11)6-17-13(19)10-5-9(18(20)21)7-16-12(10)15/h1-5,7H,6H2,(H,17,19). The van der Waals surface area contributed by atoms with Gasteiger partial charge >= 0.3 is 0 Å². The third-order valence-corrected chi connectivity index (χ3v) is 3.75. The molecule has 0 aliphatic carbocycles. The fourth-order valence-electron chi connectivity index (χ4n) is 1.61. The SMILES string of the molecule is O=C(NCc1ccccc1Br)c1cc([N+](=O)[O-])cnc1Cl. The predicted octanol–water partition coefficient (Wildman–Crippen LogP) is 3.34. The van der Waals surface area contributed by atoms with Crippen molar-refractivity contribution in [3.63, 3.8) is 0 Å². The highest BCUT2D eigenvalue weighted by Crippen LogP contribution is 2.20. The minimum atomic E-state index is -0.631. The number of carbonyl (C=O) groups excluding carboxylic acids is 1. The number of amides is 1. The summed E-state index contributed by atoms with van der Waals surface area (Å²) in [5.74, 6) is -0.521. The molecular formula is C13H9BrClN3O3. The minimum absolute atomic E-state index is 0.0297. The van der Waals surface area contributed by atoms with E-state index in [-0.39, 0.29) is 22.9 Å². The largest absolute Gasteiger partial charge is 0.348 e. The molecule has 8 heteroatoms. The number of carbonyl (C=O) groups is 1. The molecule has 1 aromatic carbocycles. The van der Waals surface area contributed by atoms with E-state index in [2.05, 4.69) is 26.2 Å². The summed E-state index contributed by atoms with van der Waals surface area (Å²) in [6.07, 6.45) is 1.01. The van der Waals surface area contributed by atoms with Crippen LogP contribution in [0.3, 0.4) is 0 Å². The van der Waals surface area contributed by atoms with Crippen LogP contribution >= 0.6 is 27.5 Å². The number of aromatic nitrogens is 1. The molecule has 0 unspecified atom stereocenters. The number of hydrogen-bond acceptors (Lipinski definition) is 4. The van der Waals surface area contributed by atoms with Gasteiger partial charge in [0.25, 0.3) is 11.6 Å². The van der Waals surface area contributed by atoms with Crippen molar-refractivity contribution >= 4 is 39.1 Å². The van der Waals surface area contributed by atoms with Crippen molar-refractivity contribution < 1.29 is 9.72 Å². The van der Waals surface area contributed by atoms with E-state index in [0.717, 1.165) is 22.3 Å². The van der Waals surface area contributed by atoms with E-state index < -0.39 is 10.8 Å². The Kier molecular flexibility index (Phi) is 4.87. The molecule has 0 bridgehead atoms. The highest BCUT2D eigenvalue weighted by atomic mass is 79.9. The molecule has 6 nitrogen and oxygen atoms in total. The molecule has 0 atom stereocenters. The first-order valence-electron chi connectivity index (χ1n) is 5.80. The summed E-state index contributed by atoms with van der Waals surface area (Å²) in [4.78, 5) is 25.8. The summed E-state index contributed by atoms with van der Waals surface area (Å²) in [5, 5.41) is 13.3. The fourth-order valence-corrected chi connectivity index (χ4v) is 2.22. The third kappa shape index (κ3) is 3.77. The molecule has 2 rings (SSSR count). The second-order valence-corrected chi connectivity index (χ2v) is 5.28. The Balaban J connectivity index is 2.15. The van der Waals surface area contributed by atoms with Gasteiger partial charge in [0.2, 0.25) is 0 Å². The van der Waals surface area contributed by atoms with Crippen molar-refractivity contribution in [2.45, 2.75) is 6.54 Å². The van der Waals surface area contributed by atoms with E-state index in [4.69, 9.17) is 11.6 Å². The van der Waals surface area contributed by atoms with E-state index in [9.17, 15) is 14.9 Å². The Labute approximate surface area is 133 Å². The van der Waals surface area contributed by atoms with E-state index >= 15 is 0 Å². The van der Waals surface area contributed by atoms with Crippen LogP contribution in [0.4, 0.5) is 5.69 Å². The lowest BCUT2D eigenvalue weighted by molar-refractivity contribution is -0.385. The van der Waals surface area contributed by atoms with E-state index in [1.54, 1.807) is 0 Å². The molecular weight excluding hydrogens is 362 g/mol. The van der Waals surface area contributed by atoms with Gasteiger partial charge in [0.05, 0.1) is 10.5 Å². The topological polar surface area (TPSA) is 85.1 Å². The van der Waals surface area contributed by atoms with Gasteiger partial charge in [-0.3, -0.25) is 14.9 Å². The molecule has 1 amide bonds. The number of benzene rings is 1. The van der Waals surface area contributed by atoms with Crippen LogP contribution in [0.1, 0.15) is 15.9 Å². The molecule has 0 aliphatic heterocycles. The molecule has 0 fully saturated rings. The molecule has 108 valence electrons. The zero-order valence-electron chi connectivity index (χ0n) is 10.5. The molecule has 0 aliphatic rings. The van der Waals surface area contributed by atoms with Crippen LogP contribution in [0.5, 0.6) is 0 Å². The lowest BCUT2D eigenvalue weighted by Crippen LogP contribution is -2.23. The number of nitrogens with one attached hydrogen (secondary N) is 1. The number of nitrogens with zero attached hydrogens (tertiary/aromatic N) is 2. The number of halogens is 2. The highest BCUT2D eigenvalue weighted by molar-refractivity contribution is 9.10. The molecule has 21 heavy (non-hydrogen) atoms. The third-order valence-electron chi connectivity index (χ3n) is 2.68. The molecule has 0 radical (unpaired) electrons. The summed E-state index contributed by atoms with van der Waals surface area (Å²) in [7, 11) is 0. The van der Waals surface area contributed by atoms with E-state index in [1.165, 1.54) is 0 Å². The Morgan fingerprint density at radius 2 is 2.14 bits per heavy atom. The van der Waals surface area contributed by atoms with Gasteiger partial charge in [-0.25, -0.2) is 4.98 Å². The Morgan fingerprint density at radius 1 is 1.43 bits per heavy atom. The Morgan fingerprint density at radius 3 is 2.81 bits per heavy atom. The number of nitro groups is 1. The normalized spacial score (nSPS) is 10.2. The summed E-state index contributed by atoms with van der Waals surface area (Å²) in [6, 6.07) is 8.50. The van der Waals surface area contributed by atoms with Gasteiger partial charge in [-0.05, 0) is 11.6 Å². The smallest absolute Gasteiger partial charge is 0.288 e. The Hall–Kier alpha value is -1.99. The monoisotopic (exact) mass is 369 g/mol. The van der Waals surface area contributed by atoms with Gasteiger partial charge in [-0.1, -0.05) is 45.7 Å². The van der Waals surface area contributed by atoms with Gasteiger partial charge in [-0.2, -0.15) is 0 Å². The van der Waals surface area contributed by atoms with Crippen LogP contribution in [0, 0.1) is 10.1 Å². The molecule has 1 N–H and O–H groups in total. The average molecular weight is 371 g/mol. The summed E-state index contributed by atoms with van der Waals surface area (Å²) < 4.78 is 0.855. The first-order valence-corrected chi connectivity index (χ1v) is 6.97. The number of rotatable bonds is 4. The van der Waals surface area contributed by atoms with Crippen molar-refractivity contribution in [1.29, 1.82) is 0 Å². The van der Waals surface area contributed by atoms with E-state index in [0.29, 0.717) is 0 Å². The molecule has 0 spiro atoms. The van der Waals surface area contributed by atoms with Crippen molar-refractivity contribution in [2.75, 3.05) is 0 Å². The first-order chi connectivity index (χ1) is 9.99. The minimum Gasteiger partial charge on any atom is -0.348 e. The maximum atomic E-state index is 12.1. The van der Waals surface area contributed by atoms with Gasteiger partial charge in [0, 0.05) is 17.1 Å². The zero-order valence-corrected chi connectivity index (χ0v) is 12.9. The van der Waals surface area contributed by atoms with Crippen LogP contribution in [0.2, 0.25) is 5.15 Å². The van der Waals surface area contributed by atoms with Crippen molar-refractivity contribution in [3.8, 4) is 0 Å². The molecule has 2 aromatic rings. The fraction of sp³-hybridized carbons (Fsp3) is 0.0769. The molecule has 1 aromatic heterocycles. The van der Waals surface area contributed by atoms with Gasteiger partial charge in [0.15, 0.2) is 0 Å². The molecule has 1 heterocycles. The predicted molar refractivity (Wildman–Crippen MR) is 81.2 cm³/mol. The average Bonchev–Trinajstić information content (AvgIpc) is 2.46. The van der Waals surface area contributed by atoms with Gasteiger partial charge < -0.3 is 5.32 Å². The summed E-state index contributed by atoms with van der Waals surface area (Å²) >= 11 is 9.17. The van der Waals surface area contributed by atoms with Gasteiger partial charge in [0.1, 0.15) is 11.3 Å². The van der Waals surface area contributed by atoms with Crippen LogP contribution < -0.4 is 5.32 Å². The maximum absolute atomic E-state index is 12.1. The van der Waals surface area contributed by atoms with Crippen LogP contribution in [-0.4, -0.2) is 15.8 Å². The first kappa shape index (κ1) is 15.4. The summed E-state index contributed by atoms with van der Waals surface area (Å²) in [6.45, 7) is 0.263. The van der Waals surface area contributed by atoms with Crippen molar-refractivity contribution in [3.05, 3.63) is 67.4 Å². The molecule has 0 saturated carbocycles. The van der Waals surface area contributed by atoms with Crippen LogP contribution in [0.15, 0.2) is 41.0 Å². The highest BCUT2D eigenvalue weighted by Gasteiger charge is 2.17. The van der Waals surface area contributed by atoms with E-state index in [1.807, 2.05) is 24.3 Å². The maximum Gasteiger partial charge on any atom is 0.288 e.